The van der Waals surface area contributed by atoms with Gasteiger partial charge >= 0.3 is 5.97 Å². The van der Waals surface area contributed by atoms with Crippen LogP contribution in [0, 0.1) is 6.92 Å². The van der Waals surface area contributed by atoms with Crippen molar-refractivity contribution in [2.24, 2.45) is 0 Å². The first-order valence-electron chi connectivity index (χ1n) is 5.63. The third-order valence-corrected chi connectivity index (χ3v) is 3.55. The van der Waals surface area contributed by atoms with E-state index in [1.165, 1.54) is 23.9 Å². The molecule has 100 valence electrons. The number of carboxylic acid groups (broad SMARTS) is 1. The fraction of sp³-hybridized carbons (Fsp3) is 0.250. The fourth-order valence-corrected chi connectivity index (χ4v) is 2.37. The predicted molar refractivity (Wildman–Crippen MR) is 70.2 cm³/mol. The van der Waals surface area contributed by atoms with Crippen LogP contribution in [0.5, 0.6) is 0 Å². The van der Waals surface area contributed by atoms with Gasteiger partial charge in [-0.2, -0.15) is 0 Å². The van der Waals surface area contributed by atoms with Crippen LogP contribution in [0.25, 0.3) is 0 Å². The number of carboxylic acids is 1. The quantitative estimate of drug-likeness (QED) is 0.766. The molecule has 0 aliphatic rings. The van der Waals surface area contributed by atoms with Crippen LogP contribution >= 0.6 is 11.3 Å². The highest BCUT2D eigenvalue weighted by Crippen LogP contribution is 2.15. The van der Waals surface area contributed by atoms with E-state index in [1.807, 2.05) is 13.0 Å². The summed E-state index contributed by atoms with van der Waals surface area (Å²) in [5.41, 5.74) is 0.662. The SMILES string of the molecule is Cc1ccc(C(=O)N[C@H](Cc2cnc[nH]2)C(=O)O)s1. The number of carbonyl (C=O) groups excluding carboxylic acids is 1. The molecule has 0 aromatic carbocycles. The summed E-state index contributed by atoms with van der Waals surface area (Å²) in [6.07, 6.45) is 3.18. The molecule has 1 amide bonds. The molecule has 0 spiro atoms. The van der Waals surface area contributed by atoms with E-state index in [0.29, 0.717) is 10.6 Å². The van der Waals surface area contributed by atoms with Gasteiger partial charge in [-0.3, -0.25) is 4.79 Å². The van der Waals surface area contributed by atoms with Crippen LogP contribution in [0.4, 0.5) is 0 Å². The number of imidazole rings is 1. The topological polar surface area (TPSA) is 95.1 Å². The van der Waals surface area contributed by atoms with Crippen LogP contribution in [0.2, 0.25) is 0 Å². The summed E-state index contributed by atoms with van der Waals surface area (Å²) in [5.74, 6) is -1.44. The third-order valence-electron chi connectivity index (χ3n) is 2.55. The molecular weight excluding hydrogens is 266 g/mol. The number of thiophene rings is 1. The smallest absolute Gasteiger partial charge is 0.326 e. The van der Waals surface area contributed by atoms with E-state index in [-0.39, 0.29) is 12.3 Å². The summed E-state index contributed by atoms with van der Waals surface area (Å²) in [5, 5.41) is 11.6. The summed E-state index contributed by atoms with van der Waals surface area (Å²) in [6, 6.07) is 2.53. The number of hydrogen-bond acceptors (Lipinski definition) is 4. The number of aromatic nitrogens is 2. The summed E-state index contributed by atoms with van der Waals surface area (Å²) < 4.78 is 0. The number of carbonyl (C=O) groups is 2. The lowest BCUT2D eigenvalue weighted by Gasteiger charge is -2.12. The van der Waals surface area contributed by atoms with E-state index in [9.17, 15) is 9.59 Å². The monoisotopic (exact) mass is 279 g/mol. The molecule has 3 N–H and O–H groups in total. The van der Waals surface area contributed by atoms with Crippen molar-refractivity contribution in [2.75, 3.05) is 0 Å². The van der Waals surface area contributed by atoms with E-state index in [2.05, 4.69) is 15.3 Å². The Morgan fingerprint density at radius 2 is 2.32 bits per heavy atom. The molecule has 0 saturated heterocycles. The Bertz CT molecular complexity index is 577. The van der Waals surface area contributed by atoms with E-state index in [1.54, 1.807) is 6.07 Å². The molecule has 1 atom stereocenters. The highest BCUT2D eigenvalue weighted by Gasteiger charge is 2.22. The molecule has 6 nitrogen and oxygen atoms in total. The Morgan fingerprint density at radius 3 is 2.84 bits per heavy atom. The fourth-order valence-electron chi connectivity index (χ4n) is 1.60. The molecule has 7 heteroatoms. The first kappa shape index (κ1) is 13.3. The normalized spacial score (nSPS) is 12.1. The lowest BCUT2D eigenvalue weighted by Crippen LogP contribution is -2.42. The molecular formula is C12H13N3O3S. The largest absolute Gasteiger partial charge is 0.480 e. The average Bonchev–Trinajstić information content (AvgIpc) is 2.99. The van der Waals surface area contributed by atoms with Crippen molar-refractivity contribution in [1.82, 2.24) is 15.3 Å². The van der Waals surface area contributed by atoms with E-state index >= 15 is 0 Å². The lowest BCUT2D eigenvalue weighted by atomic mass is 10.1. The zero-order chi connectivity index (χ0) is 13.8. The molecule has 0 fully saturated rings. The second-order valence-electron chi connectivity index (χ2n) is 4.06. The van der Waals surface area contributed by atoms with Crippen molar-refractivity contribution in [3.63, 3.8) is 0 Å². The number of amides is 1. The van der Waals surface area contributed by atoms with E-state index in [4.69, 9.17) is 5.11 Å². The number of aromatic amines is 1. The van der Waals surface area contributed by atoms with Crippen molar-refractivity contribution in [1.29, 1.82) is 0 Å². The molecule has 2 aromatic rings. The van der Waals surface area contributed by atoms with Gasteiger partial charge in [0.2, 0.25) is 0 Å². The zero-order valence-corrected chi connectivity index (χ0v) is 11.0. The zero-order valence-electron chi connectivity index (χ0n) is 10.2. The second-order valence-corrected chi connectivity index (χ2v) is 5.34. The number of hydrogen-bond donors (Lipinski definition) is 3. The van der Waals surface area contributed by atoms with Gasteiger partial charge < -0.3 is 15.4 Å². The second kappa shape index (κ2) is 5.66. The average molecular weight is 279 g/mol. The third kappa shape index (κ3) is 3.41. The van der Waals surface area contributed by atoms with Crippen LogP contribution in [-0.4, -0.2) is 33.0 Å². The van der Waals surface area contributed by atoms with E-state index in [0.717, 1.165) is 4.88 Å². The molecule has 0 bridgehead atoms. The van der Waals surface area contributed by atoms with Crippen LogP contribution in [0.3, 0.4) is 0 Å². The lowest BCUT2D eigenvalue weighted by molar-refractivity contribution is -0.139. The van der Waals surface area contributed by atoms with Crippen LogP contribution in [0.1, 0.15) is 20.2 Å². The summed E-state index contributed by atoms with van der Waals surface area (Å²) in [7, 11) is 0. The summed E-state index contributed by atoms with van der Waals surface area (Å²) >= 11 is 1.33. The van der Waals surface area contributed by atoms with Crippen molar-refractivity contribution in [3.8, 4) is 0 Å². The van der Waals surface area contributed by atoms with Gasteiger partial charge in [-0.1, -0.05) is 0 Å². The Labute approximate surface area is 113 Å². The molecule has 0 radical (unpaired) electrons. The van der Waals surface area contributed by atoms with Gasteiger partial charge in [-0.05, 0) is 19.1 Å². The van der Waals surface area contributed by atoms with Gasteiger partial charge in [0.05, 0.1) is 11.2 Å². The first-order chi connectivity index (χ1) is 9.06. The van der Waals surface area contributed by atoms with Crippen molar-refractivity contribution >= 4 is 23.2 Å². The molecule has 0 unspecified atom stereocenters. The number of nitrogens with zero attached hydrogens (tertiary/aromatic N) is 1. The number of aliphatic carboxylic acids is 1. The Hall–Kier alpha value is -2.15. The van der Waals surface area contributed by atoms with Gasteiger partial charge in [0, 0.05) is 23.2 Å². The van der Waals surface area contributed by atoms with Gasteiger partial charge in [0.25, 0.3) is 5.91 Å². The van der Waals surface area contributed by atoms with Crippen molar-refractivity contribution in [2.45, 2.75) is 19.4 Å². The van der Waals surface area contributed by atoms with Crippen LogP contribution in [-0.2, 0) is 11.2 Å². The summed E-state index contributed by atoms with van der Waals surface area (Å²) in [4.78, 5) is 31.2. The molecule has 19 heavy (non-hydrogen) atoms. The maximum absolute atomic E-state index is 11.9. The molecule has 0 aliphatic heterocycles. The Kier molecular flexibility index (Phi) is 3.96. The predicted octanol–water partition coefficient (Wildman–Crippen LogP) is 1.21. The first-order valence-corrected chi connectivity index (χ1v) is 6.45. The molecule has 2 aromatic heterocycles. The number of H-pyrrole nitrogens is 1. The molecule has 0 saturated carbocycles. The minimum Gasteiger partial charge on any atom is -0.480 e. The van der Waals surface area contributed by atoms with Crippen molar-refractivity contribution in [3.05, 3.63) is 40.1 Å². The minimum atomic E-state index is -1.07. The van der Waals surface area contributed by atoms with Gasteiger partial charge in [-0.25, -0.2) is 9.78 Å². The van der Waals surface area contributed by atoms with Gasteiger partial charge in [-0.15, -0.1) is 11.3 Å². The number of rotatable bonds is 5. The van der Waals surface area contributed by atoms with Crippen LogP contribution < -0.4 is 5.32 Å². The van der Waals surface area contributed by atoms with E-state index < -0.39 is 12.0 Å². The van der Waals surface area contributed by atoms with Gasteiger partial charge in [0.15, 0.2) is 0 Å². The van der Waals surface area contributed by atoms with Crippen molar-refractivity contribution < 1.29 is 14.7 Å². The molecule has 2 rings (SSSR count). The highest BCUT2D eigenvalue weighted by molar-refractivity contribution is 7.13. The van der Waals surface area contributed by atoms with Gasteiger partial charge in [0.1, 0.15) is 6.04 Å². The Morgan fingerprint density at radius 1 is 1.53 bits per heavy atom. The number of aryl methyl sites for hydroxylation is 1. The minimum absolute atomic E-state index is 0.172. The highest BCUT2D eigenvalue weighted by atomic mass is 32.1. The maximum atomic E-state index is 11.9. The standard InChI is InChI=1S/C12H13N3O3S/c1-7-2-3-10(19-7)11(16)15-9(12(17)18)4-8-5-13-6-14-8/h2-3,5-6,9H,4H2,1H3,(H,13,14)(H,15,16)(H,17,18)/t9-/m1/s1. The molecule has 0 aliphatic carbocycles. The van der Waals surface area contributed by atoms with Crippen LogP contribution in [0.15, 0.2) is 24.7 Å². The number of nitrogens with one attached hydrogen (secondary N) is 2. The summed E-state index contributed by atoms with van der Waals surface area (Å²) in [6.45, 7) is 1.89. The molecule has 2 heterocycles. The Balaban J connectivity index is 2.04. The maximum Gasteiger partial charge on any atom is 0.326 e.